The van der Waals surface area contributed by atoms with Gasteiger partial charge in [0.05, 0.1) is 5.41 Å². The fourth-order valence-electron chi connectivity index (χ4n) is 1.30. The smallest absolute Gasteiger partial charge is 0.312 e. The van der Waals surface area contributed by atoms with Gasteiger partial charge in [0.15, 0.2) is 5.60 Å². The highest BCUT2D eigenvalue weighted by Gasteiger charge is 2.35. The standard InChI is InChI=1S/C14H22O3/c1-13(2,3)12(16)17-14(4,5)7-6-10-8-11(10)9-15/h10-11,15H,8-9H2,1-5H3. The summed E-state index contributed by atoms with van der Waals surface area (Å²) in [6, 6.07) is 0. The van der Waals surface area contributed by atoms with E-state index in [1.165, 1.54) is 0 Å². The largest absolute Gasteiger partial charge is 0.446 e. The van der Waals surface area contributed by atoms with Crippen LogP contribution in [0.2, 0.25) is 0 Å². The molecule has 1 aliphatic rings. The van der Waals surface area contributed by atoms with Gasteiger partial charge in [0.1, 0.15) is 0 Å². The first-order chi connectivity index (χ1) is 7.65. The molecule has 0 aromatic heterocycles. The number of carbonyl (C=O) groups excluding carboxylic acids is 1. The van der Waals surface area contributed by atoms with Gasteiger partial charge in [0.25, 0.3) is 0 Å². The SMILES string of the molecule is CC(C)(C#CC1CC1CO)OC(=O)C(C)(C)C. The average Bonchev–Trinajstić information content (AvgIpc) is 2.91. The molecule has 0 heterocycles. The van der Waals surface area contributed by atoms with E-state index in [1.807, 2.05) is 20.8 Å². The van der Waals surface area contributed by atoms with Crippen LogP contribution in [0.25, 0.3) is 0 Å². The number of ether oxygens (including phenoxy) is 1. The van der Waals surface area contributed by atoms with E-state index >= 15 is 0 Å². The zero-order chi connectivity index (χ0) is 13.3. The molecule has 3 nitrogen and oxygen atoms in total. The number of hydrogen-bond donors (Lipinski definition) is 1. The molecule has 0 aromatic rings. The molecule has 0 spiro atoms. The van der Waals surface area contributed by atoms with Crippen molar-refractivity contribution in [1.29, 1.82) is 0 Å². The number of hydrogen-bond acceptors (Lipinski definition) is 3. The summed E-state index contributed by atoms with van der Waals surface area (Å²) in [6.45, 7) is 9.24. The monoisotopic (exact) mass is 238 g/mol. The van der Waals surface area contributed by atoms with Gasteiger partial charge in [-0.15, -0.1) is 0 Å². The normalized spacial score (nSPS) is 23.6. The quantitative estimate of drug-likeness (QED) is 0.591. The molecule has 17 heavy (non-hydrogen) atoms. The van der Waals surface area contributed by atoms with Gasteiger partial charge in [-0.25, -0.2) is 0 Å². The Morgan fingerprint density at radius 1 is 1.35 bits per heavy atom. The van der Waals surface area contributed by atoms with Crippen molar-refractivity contribution >= 4 is 5.97 Å². The van der Waals surface area contributed by atoms with Gasteiger partial charge < -0.3 is 9.84 Å². The molecule has 2 unspecified atom stereocenters. The number of aliphatic hydroxyl groups excluding tert-OH is 1. The number of carbonyl (C=O) groups is 1. The van der Waals surface area contributed by atoms with E-state index in [1.54, 1.807) is 13.8 Å². The van der Waals surface area contributed by atoms with Gasteiger partial charge >= 0.3 is 5.97 Å². The Morgan fingerprint density at radius 3 is 2.35 bits per heavy atom. The van der Waals surface area contributed by atoms with Gasteiger partial charge in [-0.1, -0.05) is 11.8 Å². The van der Waals surface area contributed by atoms with E-state index in [0.29, 0.717) is 5.92 Å². The third kappa shape index (κ3) is 4.40. The summed E-state index contributed by atoms with van der Waals surface area (Å²) < 4.78 is 5.37. The molecule has 0 amide bonds. The Morgan fingerprint density at radius 2 is 1.94 bits per heavy atom. The maximum Gasteiger partial charge on any atom is 0.312 e. The second-order valence-electron chi connectivity index (χ2n) is 6.20. The molecule has 1 N–H and O–H groups in total. The molecule has 0 radical (unpaired) electrons. The zero-order valence-corrected chi connectivity index (χ0v) is 11.3. The summed E-state index contributed by atoms with van der Waals surface area (Å²) in [6.07, 6.45) is 0.951. The number of esters is 1. The Hall–Kier alpha value is -1.01. The van der Waals surface area contributed by atoms with Crippen molar-refractivity contribution in [2.24, 2.45) is 17.3 Å². The maximum absolute atomic E-state index is 11.7. The summed E-state index contributed by atoms with van der Waals surface area (Å²) in [4.78, 5) is 11.7. The Kier molecular flexibility index (Phi) is 3.88. The molecule has 96 valence electrons. The molecule has 0 saturated heterocycles. The topological polar surface area (TPSA) is 46.5 Å². The molecule has 1 saturated carbocycles. The lowest BCUT2D eigenvalue weighted by molar-refractivity contribution is -0.161. The van der Waals surface area contributed by atoms with Crippen LogP contribution in [-0.4, -0.2) is 23.3 Å². The van der Waals surface area contributed by atoms with Crippen molar-refractivity contribution in [3.05, 3.63) is 0 Å². The van der Waals surface area contributed by atoms with Crippen LogP contribution in [0.1, 0.15) is 41.0 Å². The molecule has 3 heteroatoms. The predicted octanol–water partition coefficient (Wildman–Crippen LogP) is 1.99. The molecule has 0 bridgehead atoms. The van der Waals surface area contributed by atoms with Crippen molar-refractivity contribution in [3.63, 3.8) is 0 Å². The van der Waals surface area contributed by atoms with Crippen LogP contribution < -0.4 is 0 Å². The first-order valence-electron chi connectivity index (χ1n) is 6.03. The van der Waals surface area contributed by atoms with E-state index < -0.39 is 11.0 Å². The number of rotatable bonds is 2. The number of aliphatic hydroxyl groups is 1. The van der Waals surface area contributed by atoms with E-state index in [-0.39, 0.29) is 18.5 Å². The van der Waals surface area contributed by atoms with E-state index in [4.69, 9.17) is 9.84 Å². The second-order valence-corrected chi connectivity index (χ2v) is 6.20. The third-order valence-corrected chi connectivity index (χ3v) is 2.68. The fourth-order valence-corrected chi connectivity index (χ4v) is 1.30. The zero-order valence-electron chi connectivity index (χ0n) is 11.3. The first-order valence-corrected chi connectivity index (χ1v) is 6.03. The minimum Gasteiger partial charge on any atom is -0.446 e. The van der Waals surface area contributed by atoms with E-state index in [2.05, 4.69) is 11.8 Å². The van der Waals surface area contributed by atoms with Gasteiger partial charge in [-0.2, -0.15) is 0 Å². The summed E-state index contributed by atoms with van der Waals surface area (Å²) in [7, 11) is 0. The van der Waals surface area contributed by atoms with Crippen LogP contribution in [0, 0.1) is 29.1 Å². The maximum atomic E-state index is 11.7. The highest BCUT2D eigenvalue weighted by Crippen LogP contribution is 2.37. The van der Waals surface area contributed by atoms with Crippen LogP contribution in [0.15, 0.2) is 0 Å². The minimum absolute atomic E-state index is 0.196. The van der Waals surface area contributed by atoms with Gasteiger partial charge in [0.2, 0.25) is 0 Å². The van der Waals surface area contributed by atoms with Crippen molar-refractivity contribution in [2.45, 2.75) is 46.6 Å². The van der Waals surface area contributed by atoms with Crippen molar-refractivity contribution in [3.8, 4) is 11.8 Å². The van der Waals surface area contributed by atoms with Crippen LogP contribution in [0.3, 0.4) is 0 Å². The highest BCUT2D eigenvalue weighted by molar-refractivity contribution is 5.76. The predicted molar refractivity (Wildman–Crippen MR) is 66.1 cm³/mol. The molecule has 1 aliphatic carbocycles. The third-order valence-electron chi connectivity index (χ3n) is 2.68. The van der Waals surface area contributed by atoms with Gasteiger partial charge in [-0.05, 0) is 47.0 Å². The Balaban J connectivity index is 2.55. The summed E-state index contributed by atoms with van der Waals surface area (Å²) in [5.74, 6) is 6.39. The molecule has 1 fully saturated rings. The van der Waals surface area contributed by atoms with E-state index in [0.717, 1.165) is 6.42 Å². The van der Waals surface area contributed by atoms with Gasteiger partial charge in [-0.3, -0.25) is 4.79 Å². The molecule has 2 atom stereocenters. The first kappa shape index (κ1) is 14.1. The summed E-state index contributed by atoms with van der Waals surface area (Å²) >= 11 is 0. The van der Waals surface area contributed by atoms with Crippen molar-refractivity contribution in [2.75, 3.05) is 6.61 Å². The molecule has 0 aliphatic heterocycles. The van der Waals surface area contributed by atoms with E-state index in [9.17, 15) is 4.79 Å². The Bertz CT molecular complexity index is 352. The molecule has 0 aromatic carbocycles. The molecular weight excluding hydrogens is 216 g/mol. The summed E-state index contributed by atoms with van der Waals surface area (Å²) in [5.41, 5.74) is -1.26. The Labute approximate surface area is 104 Å². The molecule has 1 rings (SSSR count). The lowest BCUT2D eigenvalue weighted by Gasteiger charge is -2.24. The average molecular weight is 238 g/mol. The molecular formula is C14H22O3. The minimum atomic E-state index is -0.757. The van der Waals surface area contributed by atoms with Crippen LogP contribution in [0.5, 0.6) is 0 Å². The van der Waals surface area contributed by atoms with Crippen LogP contribution in [-0.2, 0) is 9.53 Å². The van der Waals surface area contributed by atoms with Crippen molar-refractivity contribution in [1.82, 2.24) is 0 Å². The van der Waals surface area contributed by atoms with Gasteiger partial charge in [0, 0.05) is 12.5 Å². The van der Waals surface area contributed by atoms with Crippen molar-refractivity contribution < 1.29 is 14.6 Å². The lowest BCUT2D eigenvalue weighted by Crippen LogP contribution is -2.33. The summed E-state index contributed by atoms with van der Waals surface area (Å²) in [5, 5.41) is 8.90. The highest BCUT2D eigenvalue weighted by atomic mass is 16.6. The van der Waals surface area contributed by atoms with Crippen LogP contribution in [0.4, 0.5) is 0 Å². The lowest BCUT2D eigenvalue weighted by atomic mass is 9.97. The second kappa shape index (κ2) is 4.70. The fraction of sp³-hybridized carbons (Fsp3) is 0.786. The van der Waals surface area contributed by atoms with Crippen LogP contribution >= 0.6 is 0 Å².